The highest BCUT2D eigenvalue weighted by atomic mass is 32.1. The number of nitrogens with one attached hydrogen (secondary N) is 3. The number of thiazole rings is 1. The zero-order valence-electron chi connectivity index (χ0n) is 25.2. The third-order valence-corrected chi connectivity index (χ3v) is 9.05. The van der Waals surface area contributed by atoms with E-state index in [4.69, 9.17) is 4.98 Å². The quantitative estimate of drug-likeness (QED) is 0.469. The molecule has 1 aromatic heterocycles. The van der Waals surface area contributed by atoms with E-state index in [9.17, 15) is 19.2 Å². The number of rotatable bonds is 6. The summed E-state index contributed by atoms with van der Waals surface area (Å²) >= 11 is 1.70. The van der Waals surface area contributed by atoms with Crippen LogP contribution in [0.25, 0.3) is 0 Å². The molecule has 4 amide bonds. The number of hydrogen-bond donors (Lipinski definition) is 3. The molecule has 4 rings (SSSR count). The van der Waals surface area contributed by atoms with Gasteiger partial charge in [-0.05, 0) is 50.5 Å². The fraction of sp³-hybridized carbons (Fsp3) is 0.581. The second kappa shape index (κ2) is 14.7. The van der Waals surface area contributed by atoms with Gasteiger partial charge in [-0.3, -0.25) is 24.1 Å². The van der Waals surface area contributed by atoms with Crippen molar-refractivity contribution in [3.05, 3.63) is 51.5 Å². The summed E-state index contributed by atoms with van der Waals surface area (Å²) in [5.74, 6) is -1.20. The van der Waals surface area contributed by atoms with Gasteiger partial charge in [0.25, 0.3) is 0 Å². The Bertz CT molecular complexity index is 1230. The van der Waals surface area contributed by atoms with Crippen molar-refractivity contribution in [1.29, 1.82) is 0 Å². The van der Waals surface area contributed by atoms with Crippen LogP contribution < -0.4 is 16.0 Å². The van der Waals surface area contributed by atoms with Crippen LogP contribution >= 0.6 is 11.3 Å². The second-order valence-corrected chi connectivity index (χ2v) is 13.0. The maximum absolute atomic E-state index is 13.6. The number of nitrogens with zero attached hydrogens (tertiary/aromatic N) is 3. The highest BCUT2D eigenvalue weighted by Gasteiger charge is 2.32. The first-order chi connectivity index (χ1) is 20.1. The van der Waals surface area contributed by atoms with E-state index in [-0.39, 0.29) is 30.2 Å². The molecule has 10 nitrogen and oxygen atoms in total. The molecule has 0 saturated carbocycles. The lowest BCUT2D eigenvalue weighted by Gasteiger charge is -2.30. The van der Waals surface area contributed by atoms with Crippen molar-refractivity contribution in [3.8, 4) is 0 Å². The van der Waals surface area contributed by atoms with E-state index in [1.54, 1.807) is 25.3 Å². The molecule has 1 fully saturated rings. The van der Waals surface area contributed by atoms with Gasteiger partial charge in [0, 0.05) is 31.4 Å². The minimum absolute atomic E-state index is 0.0614. The van der Waals surface area contributed by atoms with Crippen LogP contribution in [0.15, 0.2) is 30.3 Å². The second-order valence-electron chi connectivity index (χ2n) is 11.8. The molecule has 11 heteroatoms. The van der Waals surface area contributed by atoms with Crippen molar-refractivity contribution < 1.29 is 19.2 Å². The highest BCUT2D eigenvalue weighted by Crippen LogP contribution is 2.27. The van der Waals surface area contributed by atoms with E-state index in [2.05, 4.69) is 16.0 Å². The van der Waals surface area contributed by atoms with Gasteiger partial charge >= 0.3 is 0 Å². The van der Waals surface area contributed by atoms with Crippen molar-refractivity contribution in [2.75, 3.05) is 26.7 Å². The molecule has 3 atom stereocenters. The number of amides is 4. The summed E-state index contributed by atoms with van der Waals surface area (Å²) < 4.78 is 0. The third kappa shape index (κ3) is 8.61. The predicted molar refractivity (Wildman–Crippen MR) is 163 cm³/mol. The predicted octanol–water partition coefficient (Wildman–Crippen LogP) is 2.06. The molecule has 0 unspecified atom stereocenters. The van der Waals surface area contributed by atoms with E-state index in [0.29, 0.717) is 32.5 Å². The van der Waals surface area contributed by atoms with Crippen molar-refractivity contribution in [1.82, 2.24) is 30.7 Å². The number of fused-ring (bicyclic) bond motifs is 1. The van der Waals surface area contributed by atoms with Gasteiger partial charge < -0.3 is 20.9 Å². The van der Waals surface area contributed by atoms with Gasteiger partial charge in [0.1, 0.15) is 23.1 Å². The van der Waals surface area contributed by atoms with Gasteiger partial charge in [0.2, 0.25) is 23.6 Å². The van der Waals surface area contributed by atoms with Gasteiger partial charge in [-0.15, -0.1) is 11.3 Å². The molecule has 0 bridgehead atoms. The topological polar surface area (TPSA) is 124 Å². The molecule has 228 valence electrons. The lowest BCUT2D eigenvalue weighted by atomic mass is 10.0. The normalized spacial score (nSPS) is 23.5. The first kappa shape index (κ1) is 31.6. The molecular formula is C31H44N6O4S. The molecule has 3 N–H and O–H groups in total. The minimum Gasteiger partial charge on any atom is -0.353 e. The SMILES string of the molecule is CC(C)C[C@@H]1NC(=O)CN(Cc2nc3c(s2)CCCC3)CCNC(=O)[C@H](Cc2ccccc2)NC(=O)[C@H](C)N(C)C1=O. The molecule has 1 aromatic carbocycles. The summed E-state index contributed by atoms with van der Waals surface area (Å²) in [6, 6.07) is 7.09. The van der Waals surface area contributed by atoms with Gasteiger partial charge in [-0.2, -0.15) is 0 Å². The van der Waals surface area contributed by atoms with E-state index in [0.717, 1.165) is 35.5 Å². The Morgan fingerprint density at radius 1 is 1.00 bits per heavy atom. The van der Waals surface area contributed by atoms with Gasteiger partial charge in [-0.1, -0.05) is 44.2 Å². The zero-order valence-corrected chi connectivity index (χ0v) is 26.0. The van der Waals surface area contributed by atoms with Gasteiger partial charge in [0.15, 0.2) is 0 Å². The Hall–Kier alpha value is -3.31. The number of carbonyl (C=O) groups excluding carboxylic acids is 4. The molecule has 2 aliphatic rings. The van der Waals surface area contributed by atoms with Crippen molar-refractivity contribution in [2.24, 2.45) is 5.92 Å². The first-order valence-electron chi connectivity index (χ1n) is 15.0. The maximum atomic E-state index is 13.6. The van der Waals surface area contributed by atoms with Crippen LogP contribution in [0.2, 0.25) is 0 Å². The van der Waals surface area contributed by atoms with Crippen LogP contribution in [0.1, 0.15) is 61.2 Å². The standard InChI is InChI=1S/C31H44N6O4S/c1-20(2)16-25-31(41)36(4)21(3)29(39)35-24(17-22-10-6-5-7-11-22)30(40)32-14-15-37(18-27(38)33-25)19-28-34-23-12-8-9-13-26(23)42-28/h5-7,10-11,20-21,24-25H,8-9,12-19H2,1-4H3,(H,32,40)(H,33,38)(H,35,39)/t21-,24-,25-/m0/s1. The van der Waals surface area contributed by atoms with E-state index in [1.165, 1.54) is 16.2 Å². The van der Waals surface area contributed by atoms with Crippen LogP contribution in [0.5, 0.6) is 0 Å². The maximum Gasteiger partial charge on any atom is 0.245 e. The zero-order chi connectivity index (χ0) is 30.2. The van der Waals surface area contributed by atoms with Crippen LogP contribution in [0.4, 0.5) is 0 Å². The molecule has 0 radical (unpaired) electrons. The van der Waals surface area contributed by atoms with Crippen LogP contribution in [0, 0.1) is 5.92 Å². The Labute approximate surface area is 252 Å². The van der Waals surface area contributed by atoms with E-state index < -0.39 is 24.0 Å². The molecule has 2 aromatic rings. The number of aromatic nitrogens is 1. The number of hydrogen-bond acceptors (Lipinski definition) is 7. The minimum atomic E-state index is -0.840. The summed E-state index contributed by atoms with van der Waals surface area (Å²) in [5, 5.41) is 9.74. The fourth-order valence-corrected chi connectivity index (χ4v) is 6.64. The number of likely N-dealkylation sites (N-methyl/N-ethyl adjacent to an activating group) is 1. The molecule has 1 aliphatic carbocycles. The molecule has 1 saturated heterocycles. The van der Waals surface area contributed by atoms with Gasteiger partial charge in [0.05, 0.1) is 18.8 Å². The van der Waals surface area contributed by atoms with Crippen molar-refractivity contribution >= 4 is 35.0 Å². The Morgan fingerprint density at radius 2 is 1.74 bits per heavy atom. The number of carbonyl (C=O) groups is 4. The third-order valence-electron chi connectivity index (χ3n) is 7.91. The number of aryl methyl sites for hydroxylation is 2. The molecular weight excluding hydrogens is 552 g/mol. The fourth-order valence-electron chi connectivity index (χ4n) is 5.44. The van der Waals surface area contributed by atoms with E-state index in [1.807, 2.05) is 49.1 Å². The summed E-state index contributed by atoms with van der Waals surface area (Å²) in [6.45, 7) is 6.86. The van der Waals surface area contributed by atoms with Crippen molar-refractivity contribution in [2.45, 2.75) is 84.0 Å². The van der Waals surface area contributed by atoms with Gasteiger partial charge in [-0.25, -0.2) is 4.98 Å². The summed E-state index contributed by atoms with van der Waals surface area (Å²) in [6.07, 6.45) is 5.11. The molecule has 1 aliphatic heterocycles. The van der Waals surface area contributed by atoms with Crippen molar-refractivity contribution in [3.63, 3.8) is 0 Å². The van der Waals surface area contributed by atoms with E-state index >= 15 is 0 Å². The largest absolute Gasteiger partial charge is 0.353 e. The molecule has 42 heavy (non-hydrogen) atoms. The van der Waals surface area contributed by atoms with Crippen LogP contribution in [-0.4, -0.2) is 83.2 Å². The van der Waals surface area contributed by atoms with Crippen LogP contribution in [0.3, 0.4) is 0 Å². The first-order valence-corrected chi connectivity index (χ1v) is 15.8. The highest BCUT2D eigenvalue weighted by molar-refractivity contribution is 7.11. The van der Waals surface area contributed by atoms with Crippen LogP contribution in [-0.2, 0) is 45.0 Å². The Balaban J connectivity index is 1.58. The monoisotopic (exact) mass is 596 g/mol. The smallest absolute Gasteiger partial charge is 0.245 e. The summed E-state index contributed by atoms with van der Waals surface area (Å²) in [7, 11) is 1.56. The summed E-state index contributed by atoms with van der Waals surface area (Å²) in [5.41, 5.74) is 2.07. The number of benzene rings is 1. The lowest BCUT2D eigenvalue weighted by molar-refractivity contribution is -0.142. The average molecular weight is 597 g/mol. The molecule has 2 heterocycles. The Kier molecular flexibility index (Phi) is 11.1. The Morgan fingerprint density at radius 3 is 2.45 bits per heavy atom. The average Bonchev–Trinajstić information content (AvgIpc) is 3.37. The lowest BCUT2D eigenvalue weighted by Crippen LogP contribution is -2.56. The molecule has 0 spiro atoms. The summed E-state index contributed by atoms with van der Waals surface area (Å²) in [4.78, 5) is 63.1.